The fourth-order valence-electron chi connectivity index (χ4n) is 4.20. The van der Waals surface area contributed by atoms with Gasteiger partial charge in [-0.1, -0.05) is 40.0 Å². The molecule has 0 aromatic heterocycles. The zero-order chi connectivity index (χ0) is 27.5. The van der Waals surface area contributed by atoms with E-state index in [1.165, 1.54) is 14.2 Å². The lowest BCUT2D eigenvalue weighted by molar-refractivity contribution is -0.462. The maximum absolute atomic E-state index is 12.4. The van der Waals surface area contributed by atoms with Crippen molar-refractivity contribution in [2.24, 2.45) is 0 Å². The van der Waals surface area contributed by atoms with Gasteiger partial charge in [0.05, 0.1) is 13.2 Å². The van der Waals surface area contributed by atoms with E-state index in [9.17, 15) is 8.42 Å². The molecule has 0 aromatic rings. The highest BCUT2D eigenvalue weighted by molar-refractivity contribution is 7.81. The molecule has 2 saturated heterocycles. The summed E-state index contributed by atoms with van der Waals surface area (Å²) in [5, 5.41) is 0. The Morgan fingerprint density at radius 3 is 2.08 bits per heavy atom. The van der Waals surface area contributed by atoms with Crippen LogP contribution in [0.4, 0.5) is 0 Å². The van der Waals surface area contributed by atoms with E-state index in [1.807, 2.05) is 6.92 Å². The van der Waals surface area contributed by atoms with Crippen LogP contribution in [0.3, 0.4) is 0 Å². The fourth-order valence-corrected chi connectivity index (χ4v) is 5.06. The SMILES string of the molecule is CCCCOC[C@H](OCCCC)[C@@H]1OC(C)(OC)C(C)(OC)O[C@H]1[C@@H]1OS(=O)(=O)OC[C@H]1OCCCC. The van der Waals surface area contributed by atoms with Crippen molar-refractivity contribution in [2.75, 3.05) is 47.3 Å². The zero-order valence-electron chi connectivity index (χ0n) is 23.6. The maximum atomic E-state index is 12.4. The van der Waals surface area contributed by atoms with Crippen molar-refractivity contribution in [1.29, 1.82) is 0 Å². The first-order valence-corrected chi connectivity index (χ1v) is 14.8. The molecule has 0 radical (unpaired) electrons. The fraction of sp³-hybridized carbons (Fsp3) is 1.00. The summed E-state index contributed by atoms with van der Waals surface area (Å²) in [4.78, 5) is 0. The van der Waals surface area contributed by atoms with Gasteiger partial charge >= 0.3 is 10.4 Å². The van der Waals surface area contributed by atoms with Crippen LogP contribution in [0.1, 0.15) is 73.1 Å². The van der Waals surface area contributed by atoms with E-state index in [-0.39, 0.29) is 13.2 Å². The van der Waals surface area contributed by atoms with Gasteiger partial charge in [-0.05, 0) is 33.1 Å². The van der Waals surface area contributed by atoms with Crippen LogP contribution in [0.25, 0.3) is 0 Å². The van der Waals surface area contributed by atoms with Crippen LogP contribution < -0.4 is 0 Å². The van der Waals surface area contributed by atoms with Crippen molar-refractivity contribution in [2.45, 2.75) is 115 Å². The van der Waals surface area contributed by atoms with E-state index in [0.29, 0.717) is 19.8 Å². The van der Waals surface area contributed by atoms with Gasteiger partial charge in [0.15, 0.2) is 0 Å². The second-order valence-corrected chi connectivity index (χ2v) is 10.9. The quantitative estimate of drug-likeness (QED) is 0.246. The first-order valence-electron chi connectivity index (χ1n) is 13.4. The molecule has 0 aliphatic carbocycles. The van der Waals surface area contributed by atoms with Crippen LogP contribution >= 0.6 is 0 Å². The molecule has 2 aliphatic heterocycles. The zero-order valence-corrected chi connectivity index (χ0v) is 24.4. The second-order valence-electron chi connectivity index (χ2n) is 9.67. The summed E-state index contributed by atoms with van der Waals surface area (Å²) in [7, 11) is -1.31. The molecule has 2 aliphatic rings. The molecular weight excluding hydrogens is 508 g/mol. The average Bonchev–Trinajstić information content (AvgIpc) is 2.87. The van der Waals surface area contributed by atoms with Crippen LogP contribution in [0.2, 0.25) is 0 Å². The lowest BCUT2D eigenvalue weighted by Gasteiger charge is -2.55. The lowest BCUT2D eigenvalue weighted by atomic mass is 9.94. The summed E-state index contributed by atoms with van der Waals surface area (Å²) in [6, 6.07) is 0. The molecular formula is C25H48O11S. The molecule has 2 rings (SSSR count). The molecule has 2 unspecified atom stereocenters. The molecule has 37 heavy (non-hydrogen) atoms. The van der Waals surface area contributed by atoms with E-state index in [1.54, 1.807) is 13.8 Å². The highest BCUT2D eigenvalue weighted by atomic mass is 32.3. The largest absolute Gasteiger partial charge is 0.400 e. The van der Waals surface area contributed by atoms with Gasteiger partial charge in [0.25, 0.3) is 0 Å². The van der Waals surface area contributed by atoms with Crippen LogP contribution in [-0.2, 0) is 51.9 Å². The van der Waals surface area contributed by atoms with Gasteiger partial charge in [0, 0.05) is 34.0 Å². The predicted octanol–water partition coefficient (Wildman–Crippen LogP) is 3.34. The number of unbranched alkanes of at least 4 members (excludes halogenated alkanes) is 3. The molecule has 2 fully saturated rings. The van der Waals surface area contributed by atoms with Gasteiger partial charge in [-0.25, -0.2) is 8.37 Å². The van der Waals surface area contributed by atoms with Gasteiger partial charge < -0.3 is 33.2 Å². The van der Waals surface area contributed by atoms with Crippen LogP contribution in [0, 0.1) is 0 Å². The summed E-state index contributed by atoms with van der Waals surface area (Å²) in [6.45, 7) is 11.0. The van der Waals surface area contributed by atoms with Crippen molar-refractivity contribution in [3.63, 3.8) is 0 Å². The normalized spacial score (nSPS) is 34.9. The Morgan fingerprint density at radius 2 is 1.46 bits per heavy atom. The number of hydrogen-bond donors (Lipinski definition) is 0. The predicted molar refractivity (Wildman–Crippen MR) is 135 cm³/mol. The van der Waals surface area contributed by atoms with Crippen LogP contribution in [-0.4, -0.2) is 97.8 Å². The molecule has 0 spiro atoms. The summed E-state index contributed by atoms with van der Waals surface area (Å²) in [6.07, 6.45) is 1.18. The van der Waals surface area contributed by atoms with E-state index in [4.69, 9.17) is 41.5 Å². The molecule has 0 bridgehead atoms. The van der Waals surface area contributed by atoms with Gasteiger partial charge in [-0.2, -0.15) is 8.42 Å². The number of rotatable bonds is 17. The first kappa shape index (κ1) is 32.8. The van der Waals surface area contributed by atoms with Crippen LogP contribution in [0.5, 0.6) is 0 Å². The van der Waals surface area contributed by atoms with Gasteiger partial charge in [0.2, 0.25) is 11.6 Å². The number of methoxy groups -OCH3 is 2. The van der Waals surface area contributed by atoms with Crippen LogP contribution in [0.15, 0.2) is 0 Å². The van der Waals surface area contributed by atoms with Crippen molar-refractivity contribution >= 4 is 10.4 Å². The monoisotopic (exact) mass is 556 g/mol. The average molecular weight is 557 g/mol. The van der Waals surface area contributed by atoms with Crippen molar-refractivity contribution in [3.05, 3.63) is 0 Å². The number of hydrogen-bond acceptors (Lipinski definition) is 11. The van der Waals surface area contributed by atoms with Gasteiger partial charge in [-0.15, -0.1) is 0 Å². The van der Waals surface area contributed by atoms with Crippen molar-refractivity contribution in [3.8, 4) is 0 Å². The standard InChI is InChI=1S/C25H48O11S/c1-8-11-14-30-17-19(31-15-12-9-2)21-23(35-25(5,29-7)24(4,28-6)34-21)22-20(32-16-13-10-3)18-33-37(26,27)36-22/h19-23H,8-18H2,1-7H3/t19-,20+,21-,22+,23+,24?,25?/m0/s1. The Hall–Kier alpha value is -0.410. The van der Waals surface area contributed by atoms with E-state index >= 15 is 0 Å². The third-order valence-corrected chi connectivity index (χ3v) is 7.78. The molecule has 0 amide bonds. The summed E-state index contributed by atoms with van der Waals surface area (Å²) >= 11 is 0. The molecule has 12 heteroatoms. The Bertz CT molecular complexity index is 751. The Labute approximate surface area is 223 Å². The number of ether oxygens (including phenoxy) is 7. The molecule has 220 valence electrons. The highest BCUT2D eigenvalue weighted by Gasteiger charge is 2.61. The lowest BCUT2D eigenvalue weighted by Crippen LogP contribution is -2.71. The summed E-state index contributed by atoms with van der Waals surface area (Å²) < 4.78 is 77.9. The minimum absolute atomic E-state index is 0.205. The molecule has 11 nitrogen and oxygen atoms in total. The Kier molecular flexibility index (Phi) is 13.6. The molecule has 0 saturated carbocycles. The van der Waals surface area contributed by atoms with Gasteiger partial charge in [-0.3, -0.25) is 0 Å². The molecule has 0 aromatic carbocycles. The Morgan fingerprint density at radius 1 is 0.865 bits per heavy atom. The molecule has 7 atom stereocenters. The minimum atomic E-state index is -4.28. The molecule has 2 heterocycles. The van der Waals surface area contributed by atoms with E-state index in [2.05, 4.69) is 13.8 Å². The maximum Gasteiger partial charge on any atom is 0.400 e. The third kappa shape index (κ3) is 8.79. The third-order valence-electron chi connectivity index (χ3n) is 6.90. The second kappa shape index (κ2) is 15.4. The summed E-state index contributed by atoms with van der Waals surface area (Å²) in [5.41, 5.74) is 0. The van der Waals surface area contributed by atoms with Crippen molar-refractivity contribution in [1.82, 2.24) is 0 Å². The summed E-state index contributed by atoms with van der Waals surface area (Å²) in [5.74, 6) is -2.75. The van der Waals surface area contributed by atoms with E-state index < -0.39 is 52.5 Å². The smallest absolute Gasteiger partial charge is 0.379 e. The Balaban J connectivity index is 2.46. The van der Waals surface area contributed by atoms with Crippen molar-refractivity contribution < 1.29 is 49.9 Å². The van der Waals surface area contributed by atoms with Gasteiger partial charge in [0.1, 0.15) is 30.5 Å². The topological polar surface area (TPSA) is 117 Å². The first-order chi connectivity index (χ1) is 17.6. The van der Waals surface area contributed by atoms with E-state index in [0.717, 1.165) is 38.5 Å². The molecule has 0 N–H and O–H groups in total. The minimum Gasteiger partial charge on any atom is -0.379 e. The highest BCUT2D eigenvalue weighted by Crippen LogP contribution is 2.43.